The van der Waals surface area contributed by atoms with Crippen LogP contribution in [0, 0.1) is 0 Å². The average Bonchev–Trinajstić information content (AvgIpc) is 2.40. The highest BCUT2D eigenvalue weighted by Gasteiger charge is 2.10. The lowest BCUT2D eigenvalue weighted by Crippen LogP contribution is -2.11. The third-order valence-corrected chi connectivity index (χ3v) is 3.60. The molecule has 0 bridgehead atoms. The molecular weight excluding hydrogens is 176 g/mol. The fraction of sp³-hybridized carbons (Fsp3) is 0.286. The van der Waals surface area contributed by atoms with Crippen molar-refractivity contribution >= 4 is 28.9 Å². The average molecular weight is 184 g/mol. The maximum Gasteiger partial charge on any atom is 0.137 e. The van der Waals surface area contributed by atoms with Gasteiger partial charge in [0.1, 0.15) is 5.84 Å². The van der Waals surface area contributed by atoms with E-state index in [4.69, 9.17) is 5.73 Å². The summed E-state index contributed by atoms with van der Waals surface area (Å²) >= 11 is 3.51. The Morgan fingerprint density at radius 2 is 2.45 bits per heavy atom. The van der Waals surface area contributed by atoms with Gasteiger partial charge in [0.05, 0.1) is 11.4 Å². The molecule has 0 atom stereocenters. The van der Waals surface area contributed by atoms with Crippen molar-refractivity contribution in [1.29, 1.82) is 0 Å². The summed E-state index contributed by atoms with van der Waals surface area (Å²) in [7, 11) is 0. The zero-order valence-corrected chi connectivity index (χ0v) is 7.54. The number of hydrogen-bond acceptors (Lipinski definition) is 4. The van der Waals surface area contributed by atoms with Crippen molar-refractivity contribution in [3.63, 3.8) is 0 Å². The van der Waals surface area contributed by atoms with Gasteiger partial charge in [0.25, 0.3) is 0 Å². The summed E-state index contributed by atoms with van der Waals surface area (Å²) in [6.07, 6.45) is 0. The molecule has 0 spiro atoms. The summed E-state index contributed by atoms with van der Waals surface area (Å²) in [6.45, 7) is 0.845. The topological polar surface area (TPSA) is 38.4 Å². The van der Waals surface area contributed by atoms with Crippen molar-refractivity contribution in [1.82, 2.24) is 0 Å². The van der Waals surface area contributed by atoms with Crippen LogP contribution in [0.25, 0.3) is 0 Å². The first-order chi connectivity index (χ1) is 5.38. The molecular formula is C7H8N2S2. The van der Waals surface area contributed by atoms with Gasteiger partial charge in [0.15, 0.2) is 0 Å². The predicted molar refractivity (Wildman–Crippen MR) is 50.6 cm³/mol. The Kier molecular flexibility index (Phi) is 1.87. The van der Waals surface area contributed by atoms with E-state index in [1.165, 1.54) is 4.90 Å². The zero-order valence-electron chi connectivity index (χ0n) is 5.91. The van der Waals surface area contributed by atoms with Crippen LogP contribution < -0.4 is 5.73 Å². The Morgan fingerprint density at radius 1 is 1.55 bits per heavy atom. The lowest BCUT2D eigenvalue weighted by molar-refractivity contribution is 1.14. The first-order valence-electron chi connectivity index (χ1n) is 3.38. The van der Waals surface area contributed by atoms with Gasteiger partial charge >= 0.3 is 0 Å². The molecule has 0 aromatic carbocycles. The molecule has 0 unspecified atom stereocenters. The minimum atomic E-state index is 0.708. The largest absolute Gasteiger partial charge is 0.383 e. The molecule has 11 heavy (non-hydrogen) atoms. The van der Waals surface area contributed by atoms with Gasteiger partial charge in [-0.3, -0.25) is 4.99 Å². The second-order valence-electron chi connectivity index (χ2n) is 2.23. The summed E-state index contributed by atoms with van der Waals surface area (Å²) in [4.78, 5) is 6.65. The van der Waals surface area contributed by atoms with Gasteiger partial charge in [0.2, 0.25) is 0 Å². The number of thiophene rings is 1. The molecule has 58 valence electrons. The Labute approximate surface area is 73.5 Å². The highest BCUT2D eigenvalue weighted by molar-refractivity contribution is 7.99. The minimum Gasteiger partial charge on any atom is -0.383 e. The van der Waals surface area contributed by atoms with Gasteiger partial charge in [0, 0.05) is 10.6 Å². The third kappa shape index (κ3) is 1.28. The van der Waals surface area contributed by atoms with Crippen molar-refractivity contribution in [2.75, 3.05) is 12.3 Å². The van der Waals surface area contributed by atoms with Gasteiger partial charge in [-0.2, -0.15) is 0 Å². The highest BCUT2D eigenvalue weighted by atomic mass is 32.2. The number of thioether (sulfide) groups is 1. The van der Waals surface area contributed by atoms with Crippen LogP contribution in [-0.4, -0.2) is 18.1 Å². The number of nitrogens with zero attached hydrogens (tertiary/aromatic N) is 1. The molecule has 0 fully saturated rings. The molecule has 2 heterocycles. The number of aliphatic imine (C=N–C) groups is 1. The number of fused-ring (bicyclic) bond motifs is 1. The van der Waals surface area contributed by atoms with Crippen molar-refractivity contribution < 1.29 is 0 Å². The van der Waals surface area contributed by atoms with Crippen LogP contribution in [0.2, 0.25) is 0 Å². The molecule has 4 heteroatoms. The molecule has 2 nitrogen and oxygen atoms in total. The molecule has 1 aromatic rings. The summed E-state index contributed by atoms with van der Waals surface area (Å²) in [5.41, 5.74) is 5.74. The summed E-state index contributed by atoms with van der Waals surface area (Å²) in [5.74, 6) is 1.75. The quantitative estimate of drug-likeness (QED) is 0.664. The maximum absolute atomic E-state index is 5.74. The lowest BCUT2D eigenvalue weighted by Gasteiger charge is -1.94. The Morgan fingerprint density at radius 3 is 3.36 bits per heavy atom. The van der Waals surface area contributed by atoms with Gasteiger partial charge in [-0.15, -0.1) is 23.1 Å². The van der Waals surface area contributed by atoms with E-state index < -0.39 is 0 Å². The number of rotatable bonds is 0. The maximum atomic E-state index is 5.74. The fourth-order valence-corrected chi connectivity index (χ4v) is 2.91. The Balaban J connectivity index is 2.48. The summed E-state index contributed by atoms with van der Waals surface area (Å²) in [6, 6.07) is 2.11. The van der Waals surface area contributed by atoms with E-state index in [9.17, 15) is 0 Å². The van der Waals surface area contributed by atoms with E-state index in [0.717, 1.165) is 17.2 Å². The molecule has 2 rings (SSSR count). The van der Waals surface area contributed by atoms with Gasteiger partial charge in [-0.05, 0) is 11.4 Å². The molecule has 0 radical (unpaired) electrons. The van der Waals surface area contributed by atoms with E-state index in [2.05, 4.69) is 16.4 Å². The van der Waals surface area contributed by atoms with Crippen molar-refractivity contribution in [3.8, 4) is 0 Å². The number of hydrogen-bond donors (Lipinski definition) is 1. The molecule has 1 aliphatic rings. The number of nitrogens with two attached hydrogens (primary N) is 1. The number of amidine groups is 1. The fourth-order valence-electron chi connectivity index (χ4n) is 0.991. The van der Waals surface area contributed by atoms with Crippen LogP contribution in [0.15, 0.2) is 21.3 Å². The summed E-state index contributed by atoms with van der Waals surface area (Å²) < 4.78 is 0. The Bertz CT molecular complexity index is 290. The molecule has 1 aliphatic heterocycles. The van der Waals surface area contributed by atoms with E-state index in [1.807, 2.05) is 11.8 Å². The van der Waals surface area contributed by atoms with Crippen molar-refractivity contribution in [2.24, 2.45) is 10.7 Å². The van der Waals surface area contributed by atoms with Crippen LogP contribution in [0.5, 0.6) is 0 Å². The second-order valence-corrected chi connectivity index (χ2v) is 4.28. The van der Waals surface area contributed by atoms with Crippen LogP contribution in [-0.2, 0) is 0 Å². The van der Waals surface area contributed by atoms with E-state index in [-0.39, 0.29) is 0 Å². The van der Waals surface area contributed by atoms with Gasteiger partial charge in [-0.25, -0.2) is 0 Å². The van der Waals surface area contributed by atoms with E-state index in [0.29, 0.717) is 5.84 Å². The first kappa shape index (κ1) is 7.18. The normalized spacial score (nSPS) is 16.9. The molecule has 2 N–H and O–H groups in total. The van der Waals surface area contributed by atoms with Crippen molar-refractivity contribution in [3.05, 3.63) is 16.3 Å². The van der Waals surface area contributed by atoms with Gasteiger partial charge in [-0.1, -0.05) is 0 Å². The zero-order chi connectivity index (χ0) is 7.68. The first-order valence-corrected chi connectivity index (χ1v) is 5.25. The smallest absolute Gasteiger partial charge is 0.137 e. The Hall–Kier alpha value is -0.480. The van der Waals surface area contributed by atoms with Crippen LogP contribution in [0.1, 0.15) is 4.88 Å². The summed E-state index contributed by atoms with van der Waals surface area (Å²) in [5, 5.41) is 2.06. The standard InChI is InChI=1S/C7H8N2S2/c8-7-6-5(1-3-11-6)10-4-2-9-7/h1,3H,2,4H2,(H2,8,9). The van der Waals surface area contributed by atoms with Crippen LogP contribution >= 0.6 is 23.1 Å². The lowest BCUT2D eigenvalue weighted by atomic mass is 10.4. The third-order valence-electron chi connectivity index (χ3n) is 1.49. The molecule has 0 saturated carbocycles. The minimum absolute atomic E-state index is 0.708. The molecule has 0 amide bonds. The van der Waals surface area contributed by atoms with Crippen molar-refractivity contribution in [2.45, 2.75) is 4.90 Å². The molecule has 0 aliphatic carbocycles. The molecule has 1 aromatic heterocycles. The molecule has 0 saturated heterocycles. The van der Waals surface area contributed by atoms with Crippen LogP contribution in [0.4, 0.5) is 0 Å². The van der Waals surface area contributed by atoms with Crippen LogP contribution in [0.3, 0.4) is 0 Å². The SMILES string of the molecule is NC1=NCCSc2ccsc21. The van der Waals surface area contributed by atoms with E-state index >= 15 is 0 Å². The predicted octanol–water partition coefficient (Wildman–Crippen LogP) is 1.56. The van der Waals surface area contributed by atoms with E-state index in [1.54, 1.807) is 11.3 Å². The second kappa shape index (κ2) is 2.87. The monoisotopic (exact) mass is 184 g/mol. The van der Waals surface area contributed by atoms with Gasteiger partial charge < -0.3 is 5.73 Å². The highest BCUT2D eigenvalue weighted by Crippen LogP contribution is 2.28.